The largest absolute Gasteiger partial charge is 0.444 e. The summed E-state index contributed by atoms with van der Waals surface area (Å²) in [6.07, 6.45) is 4.41. The molecule has 2 rings (SSSR count). The van der Waals surface area contributed by atoms with E-state index in [4.69, 9.17) is 4.74 Å². The summed E-state index contributed by atoms with van der Waals surface area (Å²) in [6, 6.07) is 1.92. The molecule has 6 nitrogen and oxygen atoms in total. The summed E-state index contributed by atoms with van der Waals surface area (Å²) < 4.78 is 5.45. The van der Waals surface area contributed by atoms with Crippen LogP contribution in [0, 0.1) is 0 Å². The molecule has 0 bridgehead atoms. The van der Waals surface area contributed by atoms with Gasteiger partial charge in [0.25, 0.3) is 0 Å². The first-order chi connectivity index (χ1) is 10.4. The van der Waals surface area contributed by atoms with Crippen LogP contribution in [0.3, 0.4) is 0 Å². The normalized spacial score (nSPS) is 16.4. The molecule has 0 saturated carbocycles. The van der Waals surface area contributed by atoms with E-state index in [-0.39, 0.29) is 6.09 Å². The van der Waals surface area contributed by atoms with E-state index < -0.39 is 5.60 Å². The Morgan fingerprint density at radius 2 is 2.05 bits per heavy atom. The average Bonchev–Trinajstić information content (AvgIpc) is 2.71. The minimum absolute atomic E-state index is 0.234. The molecule has 0 N–H and O–H groups in total. The van der Waals surface area contributed by atoms with Crippen LogP contribution >= 0.6 is 11.8 Å². The van der Waals surface area contributed by atoms with Gasteiger partial charge in [0.2, 0.25) is 0 Å². The molecule has 1 aromatic heterocycles. The second-order valence-corrected chi connectivity index (χ2v) is 6.98. The number of rotatable bonds is 2. The average molecular weight is 324 g/mol. The molecular weight excluding hydrogens is 300 g/mol. The van der Waals surface area contributed by atoms with Gasteiger partial charge in [-0.05, 0) is 39.5 Å². The Hall–Kier alpha value is -1.50. The van der Waals surface area contributed by atoms with Crippen LogP contribution in [0.5, 0.6) is 0 Å². The molecule has 0 aromatic carbocycles. The Labute approximate surface area is 136 Å². The second kappa shape index (κ2) is 7.17. The molecule has 1 aromatic rings. The van der Waals surface area contributed by atoms with Gasteiger partial charge >= 0.3 is 6.09 Å². The molecule has 1 saturated heterocycles. The predicted octanol–water partition coefficient (Wildman–Crippen LogP) is 2.65. The quantitative estimate of drug-likeness (QED) is 0.616. The standard InChI is InChI=1S/C15H24N4O2S/c1-15(2,3)21-14(20)19-9-5-8-18(10-11-19)12-6-7-16-13(17-12)22-4/h6-7H,5,8-11H2,1-4H3. The summed E-state index contributed by atoms with van der Waals surface area (Å²) in [4.78, 5) is 24.9. The van der Waals surface area contributed by atoms with Gasteiger partial charge in [0, 0.05) is 32.4 Å². The number of hydrogen-bond donors (Lipinski definition) is 0. The highest BCUT2D eigenvalue weighted by molar-refractivity contribution is 7.98. The van der Waals surface area contributed by atoms with Crippen molar-refractivity contribution >= 4 is 23.7 Å². The van der Waals surface area contributed by atoms with Gasteiger partial charge in [-0.25, -0.2) is 14.8 Å². The van der Waals surface area contributed by atoms with Crippen LogP contribution in [0.1, 0.15) is 27.2 Å². The molecule has 0 atom stereocenters. The first-order valence-electron chi connectivity index (χ1n) is 7.49. The van der Waals surface area contributed by atoms with Crippen LogP contribution in [0.2, 0.25) is 0 Å². The van der Waals surface area contributed by atoms with Crippen molar-refractivity contribution in [2.45, 2.75) is 37.9 Å². The highest BCUT2D eigenvalue weighted by Gasteiger charge is 2.24. The first kappa shape index (κ1) is 16.9. The summed E-state index contributed by atoms with van der Waals surface area (Å²) in [6.45, 7) is 8.66. The number of thioether (sulfide) groups is 1. The Bertz CT molecular complexity index is 519. The highest BCUT2D eigenvalue weighted by atomic mass is 32.2. The lowest BCUT2D eigenvalue weighted by Gasteiger charge is -2.26. The molecule has 1 fully saturated rings. The molecule has 122 valence electrons. The number of ether oxygens (including phenoxy) is 1. The van der Waals surface area contributed by atoms with Gasteiger partial charge in [0.1, 0.15) is 11.4 Å². The zero-order chi connectivity index (χ0) is 16.2. The molecule has 7 heteroatoms. The zero-order valence-corrected chi connectivity index (χ0v) is 14.5. The number of hydrogen-bond acceptors (Lipinski definition) is 6. The topological polar surface area (TPSA) is 58.6 Å². The molecule has 1 aliphatic rings. The van der Waals surface area contributed by atoms with Crippen molar-refractivity contribution < 1.29 is 9.53 Å². The van der Waals surface area contributed by atoms with Crippen LogP contribution in [0.25, 0.3) is 0 Å². The van der Waals surface area contributed by atoms with Crippen LogP contribution < -0.4 is 4.90 Å². The van der Waals surface area contributed by atoms with Gasteiger partial charge in [0.15, 0.2) is 5.16 Å². The van der Waals surface area contributed by atoms with E-state index in [0.717, 1.165) is 30.5 Å². The van der Waals surface area contributed by atoms with Crippen molar-refractivity contribution in [1.29, 1.82) is 0 Å². The van der Waals surface area contributed by atoms with E-state index in [0.29, 0.717) is 13.1 Å². The Morgan fingerprint density at radius 1 is 1.27 bits per heavy atom. The monoisotopic (exact) mass is 324 g/mol. The van der Waals surface area contributed by atoms with E-state index >= 15 is 0 Å². The fraction of sp³-hybridized carbons (Fsp3) is 0.667. The van der Waals surface area contributed by atoms with Gasteiger partial charge in [-0.2, -0.15) is 0 Å². The maximum absolute atomic E-state index is 12.2. The second-order valence-electron chi connectivity index (χ2n) is 6.21. The van der Waals surface area contributed by atoms with Gasteiger partial charge in [-0.15, -0.1) is 0 Å². The van der Waals surface area contributed by atoms with E-state index in [1.807, 2.05) is 33.1 Å². The SMILES string of the molecule is CSc1nccc(N2CCCN(C(=O)OC(C)(C)C)CC2)n1. The number of carbonyl (C=O) groups excluding carboxylic acids is 1. The van der Waals surface area contributed by atoms with Gasteiger partial charge in [-0.1, -0.05) is 11.8 Å². The van der Waals surface area contributed by atoms with E-state index in [1.54, 1.807) is 11.1 Å². The van der Waals surface area contributed by atoms with Gasteiger partial charge in [-0.3, -0.25) is 0 Å². The van der Waals surface area contributed by atoms with Crippen molar-refractivity contribution in [3.8, 4) is 0 Å². The minimum Gasteiger partial charge on any atom is -0.444 e. The first-order valence-corrected chi connectivity index (χ1v) is 8.71. The van der Waals surface area contributed by atoms with E-state index in [9.17, 15) is 4.79 Å². The number of carbonyl (C=O) groups is 1. The van der Waals surface area contributed by atoms with E-state index in [2.05, 4.69) is 14.9 Å². The Kier molecular flexibility index (Phi) is 5.50. The van der Waals surface area contributed by atoms with Crippen molar-refractivity contribution in [2.75, 3.05) is 37.3 Å². The third-order valence-electron chi connectivity index (χ3n) is 3.27. The van der Waals surface area contributed by atoms with Gasteiger partial charge < -0.3 is 14.5 Å². The maximum Gasteiger partial charge on any atom is 0.410 e. The number of nitrogens with zero attached hydrogens (tertiary/aromatic N) is 4. The van der Waals surface area contributed by atoms with Crippen LogP contribution in [-0.2, 0) is 4.74 Å². The fourth-order valence-corrected chi connectivity index (χ4v) is 2.61. The number of aromatic nitrogens is 2. The lowest BCUT2D eigenvalue weighted by molar-refractivity contribution is 0.0263. The van der Waals surface area contributed by atoms with Gasteiger partial charge in [0.05, 0.1) is 0 Å². The van der Waals surface area contributed by atoms with Crippen LogP contribution in [0.4, 0.5) is 10.6 Å². The Balaban J connectivity index is 1.98. The van der Waals surface area contributed by atoms with Crippen molar-refractivity contribution in [2.24, 2.45) is 0 Å². The third kappa shape index (κ3) is 4.76. The third-order valence-corrected chi connectivity index (χ3v) is 3.83. The summed E-state index contributed by atoms with van der Waals surface area (Å²) in [7, 11) is 0. The smallest absolute Gasteiger partial charge is 0.410 e. The van der Waals surface area contributed by atoms with E-state index in [1.165, 1.54) is 11.8 Å². The van der Waals surface area contributed by atoms with Crippen molar-refractivity contribution in [3.05, 3.63) is 12.3 Å². The molecular formula is C15H24N4O2S. The summed E-state index contributed by atoms with van der Waals surface area (Å²) in [5, 5.41) is 0.769. The highest BCUT2D eigenvalue weighted by Crippen LogP contribution is 2.18. The minimum atomic E-state index is -0.455. The Morgan fingerprint density at radius 3 is 2.73 bits per heavy atom. The zero-order valence-electron chi connectivity index (χ0n) is 13.7. The molecule has 0 spiro atoms. The molecule has 1 aliphatic heterocycles. The lowest BCUT2D eigenvalue weighted by atomic mass is 10.2. The van der Waals surface area contributed by atoms with Crippen molar-refractivity contribution in [3.63, 3.8) is 0 Å². The van der Waals surface area contributed by atoms with Crippen molar-refractivity contribution in [1.82, 2.24) is 14.9 Å². The van der Waals surface area contributed by atoms with Crippen LogP contribution in [0.15, 0.2) is 17.4 Å². The summed E-state index contributed by atoms with van der Waals surface area (Å²) >= 11 is 1.53. The molecule has 1 amide bonds. The lowest BCUT2D eigenvalue weighted by Crippen LogP contribution is -2.39. The maximum atomic E-state index is 12.2. The fourth-order valence-electron chi connectivity index (χ4n) is 2.26. The molecule has 0 unspecified atom stereocenters. The summed E-state index contributed by atoms with van der Waals surface area (Å²) in [5.74, 6) is 0.922. The molecule has 22 heavy (non-hydrogen) atoms. The number of amides is 1. The van der Waals surface area contributed by atoms with Crippen LogP contribution in [-0.4, -0.2) is 59.0 Å². The molecule has 0 radical (unpaired) electrons. The molecule has 2 heterocycles. The summed E-state index contributed by atoms with van der Waals surface area (Å²) in [5.41, 5.74) is -0.455. The predicted molar refractivity (Wildman–Crippen MR) is 88.5 cm³/mol. The molecule has 0 aliphatic carbocycles. The number of anilines is 1.